The van der Waals surface area contributed by atoms with Crippen LogP contribution in [-0.4, -0.2) is 44.0 Å². The Morgan fingerprint density at radius 2 is 2.26 bits per heavy atom. The fourth-order valence-corrected chi connectivity index (χ4v) is 3.76. The van der Waals surface area contributed by atoms with Crippen LogP contribution in [0, 0.1) is 5.92 Å². The predicted molar refractivity (Wildman–Crippen MR) is 72.0 cm³/mol. The molecule has 2 N–H and O–H groups in total. The highest BCUT2D eigenvalue weighted by Gasteiger charge is 2.33. The zero-order valence-corrected chi connectivity index (χ0v) is 11.9. The Morgan fingerprint density at radius 1 is 1.53 bits per heavy atom. The second kappa shape index (κ2) is 5.44. The molecule has 106 valence electrons. The fraction of sp³-hybridized carbons (Fsp3) is 0.583. The Kier molecular flexibility index (Phi) is 4.07. The van der Waals surface area contributed by atoms with E-state index in [4.69, 9.17) is 10.5 Å². The minimum absolute atomic E-state index is 0.0669. The van der Waals surface area contributed by atoms with Crippen molar-refractivity contribution in [3.8, 4) is 0 Å². The second-order valence-corrected chi connectivity index (χ2v) is 6.76. The molecule has 1 aliphatic rings. The normalized spacial score (nSPS) is 25.4. The molecule has 2 atom stereocenters. The summed E-state index contributed by atoms with van der Waals surface area (Å²) in [7, 11) is -1.90. The van der Waals surface area contributed by atoms with Crippen LogP contribution in [0.25, 0.3) is 0 Å². The smallest absolute Gasteiger partial charge is 0.243 e. The molecule has 0 radical (unpaired) electrons. The summed E-state index contributed by atoms with van der Waals surface area (Å²) in [5.41, 5.74) is 5.54. The Bertz CT molecular complexity index is 547. The van der Waals surface area contributed by atoms with E-state index in [1.165, 1.54) is 22.6 Å². The van der Waals surface area contributed by atoms with E-state index >= 15 is 0 Å². The zero-order chi connectivity index (χ0) is 14.0. The third-order valence-corrected chi connectivity index (χ3v) is 5.41. The molecule has 1 fully saturated rings. The number of pyridine rings is 1. The van der Waals surface area contributed by atoms with Gasteiger partial charge < -0.3 is 10.5 Å². The summed E-state index contributed by atoms with van der Waals surface area (Å²) in [6.45, 7) is 2.95. The molecule has 0 amide bonds. The van der Waals surface area contributed by atoms with Gasteiger partial charge in [-0.3, -0.25) is 0 Å². The Hall–Kier alpha value is -1.18. The number of sulfonamides is 1. The summed E-state index contributed by atoms with van der Waals surface area (Å²) in [6, 6.07) is 2.85. The van der Waals surface area contributed by atoms with Crippen LogP contribution in [0.3, 0.4) is 0 Å². The van der Waals surface area contributed by atoms with Crippen molar-refractivity contribution in [2.75, 3.05) is 25.9 Å². The lowest BCUT2D eigenvalue weighted by Crippen LogP contribution is -2.46. The summed E-state index contributed by atoms with van der Waals surface area (Å²) in [6.07, 6.45) is 2.13. The first-order chi connectivity index (χ1) is 8.95. The standard InChI is InChI=1S/C12H19N3O3S/c1-9-4-6-15(8-11(9)18-2)19(16,17)10-3-5-14-12(13)7-10/h3,5,7,9,11H,4,6,8H2,1-2H3,(H2,13,14). The lowest BCUT2D eigenvalue weighted by molar-refractivity contribution is 0.0184. The lowest BCUT2D eigenvalue weighted by atomic mass is 9.97. The van der Waals surface area contributed by atoms with Crippen LogP contribution in [0.5, 0.6) is 0 Å². The molecule has 0 saturated carbocycles. The summed E-state index contributed by atoms with van der Waals surface area (Å²) >= 11 is 0. The van der Waals surface area contributed by atoms with Gasteiger partial charge in [-0.1, -0.05) is 6.92 Å². The number of ether oxygens (including phenoxy) is 1. The number of nitrogens with zero attached hydrogens (tertiary/aromatic N) is 2. The molecule has 19 heavy (non-hydrogen) atoms. The molecule has 0 spiro atoms. The zero-order valence-electron chi connectivity index (χ0n) is 11.1. The summed E-state index contributed by atoms with van der Waals surface area (Å²) in [4.78, 5) is 4.00. The molecule has 1 saturated heterocycles. The maximum atomic E-state index is 12.5. The van der Waals surface area contributed by atoms with Crippen molar-refractivity contribution in [3.05, 3.63) is 18.3 Å². The Labute approximate surface area is 113 Å². The first-order valence-corrected chi connectivity index (χ1v) is 7.63. The van der Waals surface area contributed by atoms with Crippen LogP contribution in [0.15, 0.2) is 23.2 Å². The van der Waals surface area contributed by atoms with Crippen molar-refractivity contribution in [2.45, 2.75) is 24.3 Å². The molecule has 0 aliphatic carbocycles. The molecule has 0 aromatic carbocycles. The number of hydrogen-bond donors (Lipinski definition) is 1. The molecular formula is C12H19N3O3S. The van der Waals surface area contributed by atoms with Crippen molar-refractivity contribution < 1.29 is 13.2 Å². The van der Waals surface area contributed by atoms with Gasteiger partial charge >= 0.3 is 0 Å². The third-order valence-electron chi connectivity index (χ3n) is 3.55. The van der Waals surface area contributed by atoms with E-state index in [2.05, 4.69) is 11.9 Å². The van der Waals surface area contributed by atoms with Crippen LogP contribution in [0.2, 0.25) is 0 Å². The van der Waals surface area contributed by atoms with Crippen molar-refractivity contribution >= 4 is 15.8 Å². The third kappa shape index (κ3) is 2.88. The van der Waals surface area contributed by atoms with Crippen LogP contribution in [0.4, 0.5) is 5.82 Å². The van der Waals surface area contributed by atoms with E-state index in [1.807, 2.05) is 0 Å². The average Bonchev–Trinajstić information content (AvgIpc) is 2.39. The summed E-state index contributed by atoms with van der Waals surface area (Å²) in [5, 5.41) is 0. The summed E-state index contributed by atoms with van der Waals surface area (Å²) in [5.74, 6) is 0.564. The number of nitrogen functional groups attached to an aromatic ring is 1. The fourth-order valence-electron chi connectivity index (χ4n) is 2.27. The minimum Gasteiger partial charge on any atom is -0.384 e. The first-order valence-electron chi connectivity index (χ1n) is 6.19. The van der Waals surface area contributed by atoms with E-state index in [-0.39, 0.29) is 16.8 Å². The van der Waals surface area contributed by atoms with Gasteiger partial charge in [0, 0.05) is 32.5 Å². The van der Waals surface area contributed by atoms with E-state index in [0.29, 0.717) is 19.0 Å². The first kappa shape index (κ1) is 14.2. The van der Waals surface area contributed by atoms with E-state index in [0.717, 1.165) is 6.42 Å². The van der Waals surface area contributed by atoms with Gasteiger partial charge in [-0.15, -0.1) is 0 Å². The number of piperidine rings is 1. The minimum atomic E-state index is -3.52. The van der Waals surface area contributed by atoms with Gasteiger partial charge in [-0.25, -0.2) is 13.4 Å². The quantitative estimate of drug-likeness (QED) is 0.884. The molecule has 2 heterocycles. The number of nitrogens with two attached hydrogens (primary N) is 1. The Morgan fingerprint density at radius 3 is 2.89 bits per heavy atom. The maximum absolute atomic E-state index is 12.5. The molecule has 1 aromatic rings. The van der Waals surface area contributed by atoms with Crippen molar-refractivity contribution in [1.29, 1.82) is 0 Å². The molecule has 0 bridgehead atoms. The van der Waals surface area contributed by atoms with E-state index in [9.17, 15) is 8.42 Å². The Balaban J connectivity index is 2.25. The highest BCUT2D eigenvalue weighted by atomic mass is 32.2. The number of rotatable bonds is 3. The van der Waals surface area contributed by atoms with Gasteiger partial charge in [0.2, 0.25) is 10.0 Å². The van der Waals surface area contributed by atoms with Crippen molar-refractivity contribution in [3.63, 3.8) is 0 Å². The second-order valence-electron chi connectivity index (χ2n) is 4.82. The predicted octanol–water partition coefficient (Wildman–Crippen LogP) is 0.709. The molecule has 7 heteroatoms. The van der Waals surface area contributed by atoms with E-state index < -0.39 is 10.0 Å². The van der Waals surface area contributed by atoms with Gasteiger partial charge in [0.15, 0.2) is 0 Å². The van der Waals surface area contributed by atoms with Gasteiger partial charge in [-0.05, 0) is 18.4 Å². The van der Waals surface area contributed by atoms with Crippen LogP contribution in [-0.2, 0) is 14.8 Å². The van der Waals surface area contributed by atoms with Crippen molar-refractivity contribution in [1.82, 2.24) is 9.29 Å². The van der Waals surface area contributed by atoms with Crippen molar-refractivity contribution in [2.24, 2.45) is 5.92 Å². The van der Waals surface area contributed by atoms with Gasteiger partial charge in [0.1, 0.15) is 5.82 Å². The number of anilines is 1. The largest absolute Gasteiger partial charge is 0.384 e. The molecule has 2 rings (SSSR count). The topological polar surface area (TPSA) is 85.5 Å². The highest BCUT2D eigenvalue weighted by Crippen LogP contribution is 2.25. The van der Waals surface area contributed by atoms with E-state index in [1.54, 1.807) is 7.11 Å². The lowest BCUT2D eigenvalue weighted by Gasteiger charge is -2.35. The summed E-state index contributed by atoms with van der Waals surface area (Å²) < 4.78 is 31.8. The molecule has 6 nitrogen and oxygen atoms in total. The number of hydrogen-bond acceptors (Lipinski definition) is 5. The molecule has 2 unspecified atom stereocenters. The van der Waals surface area contributed by atoms with Gasteiger partial charge in [0.05, 0.1) is 11.0 Å². The van der Waals surface area contributed by atoms with Crippen LogP contribution >= 0.6 is 0 Å². The van der Waals surface area contributed by atoms with Gasteiger partial charge in [-0.2, -0.15) is 4.31 Å². The molecule has 1 aromatic heterocycles. The van der Waals surface area contributed by atoms with Gasteiger partial charge in [0.25, 0.3) is 0 Å². The number of aromatic nitrogens is 1. The molecule has 1 aliphatic heterocycles. The van der Waals surface area contributed by atoms with Crippen LogP contribution in [0.1, 0.15) is 13.3 Å². The average molecular weight is 285 g/mol. The number of methoxy groups -OCH3 is 1. The molecular weight excluding hydrogens is 266 g/mol. The maximum Gasteiger partial charge on any atom is 0.243 e. The monoisotopic (exact) mass is 285 g/mol. The highest BCUT2D eigenvalue weighted by molar-refractivity contribution is 7.89. The van der Waals surface area contributed by atoms with Crippen LogP contribution < -0.4 is 5.73 Å². The SMILES string of the molecule is COC1CN(S(=O)(=O)c2ccnc(N)c2)CCC1C.